The molecule has 38 heavy (non-hydrogen) atoms. The molecule has 2 saturated heterocycles. The standard InChI is InChI=1S/C29H34N4O4S/c34-29(30-27-10-12-28(13-11-27)38(35,36)33-18-20-37-21-19-33)26-8-6-25(7-9-26)23-32-16-14-31(15-17-32)22-24-4-2-1-3-5-24/h1-13H,14-23H2,(H,30,34). The van der Waals surface area contributed by atoms with Gasteiger partial charge in [0.2, 0.25) is 10.0 Å². The second-order valence-corrected chi connectivity index (χ2v) is 11.7. The molecule has 0 unspecified atom stereocenters. The zero-order valence-electron chi connectivity index (χ0n) is 21.5. The van der Waals surface area contributed by atoms with Gasteiger partial charge in [-0.25, -0.2) is 8.42 Å². The molecule has 5 rings (SSSR count). The summed E-state index contributed by atoms with van der Waals surface area (Å²) in [5, 5.41) is 2.86. The highest BCUT2D eigenvalue weighted by atomic mass is 32.2. The number of carbonyl (C=O) groups excluding carboxylic acids is 1. The summed E-state index contributed by atoms with van der Waals surface area (Å²) in [6, 6.07) is 24.6. The number of nitrogens with one attached hydrogen (secondary N) is 1. The number of amides is 1. The lowest BCUT2D eigenvalue weighted by Gasteiger charge is -2.34. The minimum atomic E-state index is -3.56. The molecule has 8 nitrogen and oxygen atoms in total. The Morgan fingerprint density at radius 2 is 1.26 bits per heavy atom. The Balaban J connectivity index is 1.10. The fourth-order valence-electron chi connectivity index (χ4n) is 4.82. The first-order chi connectivity index (χ1) is 18.5. The second-order valence-electron chi connectivity index (χ2n) is 9.73. The van der Waals surface area contributed by atoms with Crippen LogP contribution in [0.4, 0.5) is 5.69 Å². The fourth-order valence-corrected chi connectivity index (χ4v) is 6.22. The van der Waals surface area contributed by atoms with Crippen LogP contribution in [0.15, 0.2) is 83.8 Å². The maximum atomic E-state index is 12.8. The van der Waals surface area contributed by atoms with Crippen LogP contribution in [0.1, 0.15) is 21.5 Å². The van der Waals surface area contributed by atoms with E-state index in [1.807, 2.05) is 24.3 Å². The Bertz CT molecular complexity index is 1300. The predicted molar refractivity (Wildman–Crippen MR) is 147 cm³/mol. The summed E-state index contributed by atoms with van der Waals surface area (Å²) in [6.07, 6.45) is 0. The third-order valence-corrected chi connectivity index (χ3v) is 8.97. The van der Waals surface area contributed by atoms with Gasteiger partial charge >= 0.3 is 0 Å². The van der Waals surface area contributed by atoms with Crippen molar-refractivity contribution in [1.82, 2.24) is 14.1 Å². The summed E-state index contributed by atoms with van der Waals surface area (Å²) in [7, 11) is -3.56. The summed E-state index contributed by atoms with van der Waals surface area (Å²) in [5.74, 6) is -0.227. The second kappa shape index (κ2) is 12.2. The molecule has 0 radical (unpaired) electrons. The number of piperazine rings is 1. The smallest absolute Gasteiger partial charge is 0.255 e. The number of anilines is 1. The molecule has 3 aromatic rings. The molecule has 0 aliphatic carbocycles. The first kappa shape index (κ1) is 26.5. The van der Waals surface area contributed by atoms with Gasteiger partial charge in [0.15, 0.2) is 0 Å². The van der Waals surface area contributed by atoms with Gasteiger partial charge in [-0.1, -0.05) is 42.5 Å². The summed E-state index contributed by atoms with van der Waals surface area (Å²) in [4.78, 5) is 17.9. The highest BCUT2D eigenvalue weighted by Gasteiger charge is 2.26. The highest BCUT2D eigenvalue weighted by molar-refractivity contribution is 7.89. The van der Waals surface area contributed by atoms with E-state index in [1.165, 1.54) is 27.6 Å². The number of morpholine rings is 1. The minimum Gasteiger partial charge on any atom is -0.379 e. The normalized spacial score (nSPS) is 17.8. The molecule has 2 fully saturated rings. The maximum Gasteiger partial charge on any atom is 0.255 e. The van der Waals surface area contributed by atoms with E-state index >= 15 is 0 Å². The predicted octanol–water partition coefficient (Wildman–Crippen LogP) is 3.28. The SMILES string of the molecule is O=C(Nc1ccc(S(=O)(=O)N2CCOCC2)cc1)c1ccc(CN2CCN(Cc3ccccc3)CC2)cc1. The average molecular weight is 535 g/mol. The van der Waals surface area contributed by atoms with Gasteiger partial charge in [-0.15, -0.1) is 0 Å². The molecule has 3 aromatic carbocycles. The van der Waals surface area contributed by atoms with Gasteiger partial charge in [0, 0.05) is 63.6 Å². The van der Waals surface area contributed by atoms with Crippen molar-refractivity contribution in [3.63, 3.8) is 0 Å². The molecule has 200 valence electrons. The van der Waals surface area contributed by atoms with Crippen molar-refractivity contribution >= 4 is 21.6 Å². The fraction of sp³-hybridized carbons (Fsp3) is 0.345. The molecular weight excluding hydrogens is 500 g/mol. The molecule has 2 aliphatic rings. The number of hydrogen-bond donors (Lipinski definition) is 1. The van der Waals surface area contributed by atoms with Crippen molar-refractivity contribution in [3.05, 3.63) is 95.6 Å². The lowest BCUT2D eigenvalue weighted by atomic mass is 10.1. The van der Waals surface area contributed by atoms with E-state index in [4.69, 9.17) is 4.74 Å². The summed E-state index contributed by atoms with van der Waals surface area (Å²) in [5.41, 5.74) is 3.64. The van der Waals surface area contributed by atoms with E-state index in [1.54, 1.807) is 12.1 Å². The van der Waals surface area contributed by atoms with E-state index in [-0.39, 0.29) is 10.8 Å². The van der Waals surface area contributed by atoms with Crippen LogP contribution in [0.3, 0.4) is 0 Å². The monoisotopic (exact) mass is 534 g/mol. The molecule has 0 bridgehead atoms. The average Bonchev–Trinajstić information content (AvgIpc) is 2.96. The van der Waals surface area contributed by atoms with E-state index in [9.17, 15) is 13.2 Å². The largest absolute Gasteiger partial charge is 0.379 e. The van der Waals surface area contributed by atoms with Crippen LogP contribution < -0.4 is 5.32 Å². The molecule has 9 heteroatoms. The van der Waals surface area contributed by atoms with Crippen LogP contribution in [0.2, 0.25) is 0 Å². The minimum absolute atomic E-state index is 0.211. The summed E-state index contributed by atoms with van der Waals surface area (Å²) < 4.78 is 32.2. The van der Waals surface area contributed by atoms with E-state index < -0.39 is 10.0 Å². The lowest BCUT2D eigenvalue weighted by molar-refractivity contribution is 0.0730. The third-order valence-electron chi connectivity index (χ3n) is 7.06. The van der Waals surface area contributed by atoms with Gasteiger partial charge in [0.25, 0.3) is 5.91 Å². The zero-order valence-corrected chi connectivity index (χ0v) is 22.3. The topological polar surface area (TPSA) is 82.2 Å². The molecule has 1 amide bonds. The molecule has 2 heterocycles. The van der Waals surface area contributed by atoms with Crippen molar-refractivity contribution < 1.29 is 17.9 Å². The van der Waals surface area contributed by atoms with E-state index in [0.717, 1.165) is 39.3 Å². The number of sulfonamides is 1. The Morgan fingerprint density at radius 1 is 0.711 bits per heavy atom. The van der Waals surface area contributed by atoms with Gasteiger partial charge in [0.05, 0.1) is 18.1 Å². The van der Waals surface area contributed by atoms with Crippen LogP contribution in [0, 0.1) is 0 Å². The van der Waals surface area contributed by atoms with Crippen LogP contribution in [0.5, 0.6) is 0 Å². The molecule has 0 aromatic heterocycles. The molecule has 0 saturated carbocycles. The number of carbonyl (C=O) groups is 1. The highest BCUT2D eigenvalue weighted by Crippen LogP contribution is 2.20. The summed E-state index contributed by atoms with van der Waals surface area (Å²) in [6.45, 7) is 7.48. The van der Waals surface area contributed by atoms with Crippen molar-refractivity contribution in [1.29, 1.82) is 0 Å². The Kier molecular flexibility index (Phi) is 8.51. The van der Waals surface area contributed by atoms with Crippen LogP contribution in [-0.4, -0.2) is 80.9 Å². The van der Waals surface area contributed by atoms with Gasteiger partial charge in [-0.3, -0.25) is 14.6 Å². The Morgan fingerprint density at radius 3 is 1.84 bits per heavy atom. The van der Waals surface area contributed by atoms with Crippen molar-refractivity contribution in [2.75, 3.05) is 57.8 Å². The quantitative estimate of drug-likeness (QED) is 0.478. The van der Waals surface area contributed by atoms with Crippen molar-refractivity contribution in [3.8, 4) is 0 Å². The van der Waals surface area contributed by atoms with E-state index in [2.05, 4.69) is 45.4 Å². The Hall–Kier alpha value is -3.08. The molecular formula is C29H34N4O4S. The van der Waals surface area contributed by atoms with Gasteiger partial charge in [0.1, 0.15) is 0 Å². The van der Waals surface area contributed by atoms with E-state index in [0.29, 0.717) is 37.6 Å². The zero-order chi connectivity index (χ0) is 26.4. The maximum absolute atomic E-state index is 12.8. The Labute approximate surface area is 224 Å². The number of rotatable bonds is 8. The van der Waals surface area contributed by atoms with Crippen LogP contribution >= 0.6 is 0 Å². The number of benzene rings is 3. The first-order valence-corrected chi connectivity index (χ1v) is 14.5. The molecule has 0 spiro atoms. The van der Waals surface area contributed by atoms with Gasteiger partial charge in [-0.05, 0) is 47.5 Å². The summed E-state index contributed by atoms with van der Waals surface area (Å²) >= 11 is 0. The molecule has 0 atom stereocenters. The van der Waals surface area contributed by atoms with Crippen molar-refractivity contribution in [2.45, 2.75) is 18.0 Å². The van der Waals surface area contributed by atoms with Crippen LogP contribution in [-0.2, 0) is 27.8 Å². The van der Waals surface area contributed by atoms with Crippen molar-refractivity contribution in [2.24, 2.45) is 0 Å². The van der Waals surface area contributed by atoms with Gasteiger partial charge < -0.3 is 10.1 Å². The molecule has 1 N–H and O–H groups in total. The van der Waals surface area contributed by atoms with Gasteiger partial charge in [-0.2, -0.15) is 4.31 Å². The third kappa shape index (κ3) is 6.67. The number of ether oxygens (including phenoxy) is 1. The molecule has 2 aliphatic heterocycles. The number of nitrogens with zero attached hydrogens (tertiary/aromatic N) is 3. The lowest BCUT2D eigenvalue weighted by Crippen LogP contribution is -2.45. The van der Waals surface area contributed by atoms with Crippen LogP contribution in [0.25, 0.3) is 0 Å². The number of hydrogen-bond acceptors (Lipinski definition) is 6. The first-order valence-electron chi connectivity index (χ1n) is 13.0.